The molecule has 0 bridgehead atoms. The molecule has 4 heteroatoms. The van der Waals surface area contributed by atoms with Crippen LogP contribution in [0.5, 0.6) is 0 Å². The zero-order valence-electron chi connectivity index (χ0n) is 6.79. The van der Waals surface area contributed by atoms with Crippen molar-refractivity contribution in [2.45, 2.75) is 20.8 Å². The molecule has 0 amide bonds. The second-order valence-electron chi connectivity index (χ2n) is 1.56. The minimum absolute atomic E-state index is 0.167. The lowest BCUT2D eigenvalue weighted by molar-refractivity contribution is 0.0690. The number of aromatic carboxylic acids is 1. The normalized spacial score (nSPS) is 8.27. The largest absolute Gasteiger partial charge is 0.476 e. The summed E-state index contributed by atoms with van der Waals surface area (Å²) in [6.07, 6.45) is 0. The maximum absolute atomic E-state index is 10.2. The van der Waals surface area contributed by atoms with Crippen LogP contribution < -0.4 is 0 Å². The van der Waals surface area contributed by atoms with Gasteiger partial charge in [-0.3, -0.25) is 0 Å². The first kappa shape index (κ1) is 10.1. The number of aryl methyl sites for hydroxylation is 1. The highest BCUT2D eigenvalue weighted by molar-refractivity contribution is 7.09. The van der Waals surface area contributed by atoms with Crippen LogP contribution in [-0.2, 0) is 0 Å². The van der Waals surface area contributed by atoms with Gasteiger partial charge in [0.25, 0.3) is 0 Å². The second kappa shape index (κ2) is 4.85. The van der Waals surface area contributed by atoms with Crippen molar-refractivity contribution in [3.05, 3.63) is 16.1 Å². The summed E-state index contributed by atoms with van der Waals surface area (Å²) in [4.78, 5) is 14.6. The molecule has 0 fully saturated rings. The summed E-state index contributed by atoms with van der Waals surface area (Å²) in [5.41, 5.74) is 1.69. The molecule has 1 N–H and O–H groups in total. The predicted molar refractivity (Wildman–Crippen MR) is 45.2 cm³/mol. The Kier molecular flexibility index (Phi) is 4.45. The van der Waals surface area contributed by atoms with E-state index in [-0.39, 0.29) is 5.69 Å². The van der Waals surface area contributed by atoms with E-state index in [1.807, 2.05) is 13.8 Å². The van der Waals surface area contributed by atoms with Crippen LogP contribution in [0.3, 0.4) is 0 Å². The zero-order valence-corrected chi connectivity index (χ0v) is 7.60. The topological polar surface area (TPSA) is 50.2 Å². The van der Waals surface area contributed by atoms with Gasteiger partial charge in [-0.2, -0.15) is 0 Å². The van der Waals surface area contributed by atoms with E-state index in [2.05, 4.69) is 4.98 Å². The SMILES string of the molecule is CC.Cc1scnc1C(=O)O. The van der Waals surface area contributed by atoms with Crippen LogP contribution in [0.25, 0.3) is 0 Å². The fourth-order valence-corrected chi connectivity index (χ4v) is 1.08. The molecule has 0 aliphatic heterocycles. The number of aromatic nitrogens is 1. The molecule has 0 spiro atoms. The smallest absolute Gasteiger partial charge is 0.355 e. The second-order valence-corrected chi connectivity index (χ2v) is 2.62. The van der Waals surface area contributed by atoms with Crippen molar-refractivity contribution in [3.63, 3.8) is 0 Å². The van der Waals surface area contributed by atoms with Gasteiger partial charge in [0.05, 0.1) is 5.51 Å². The van der Waals surface area contributed by atoms with Crippen LogP contribution in [0.2, 0.25) is 0 Å². The van der Waals surface area contributed by atoms with Crippen molar-refractivity contribution >= 4 is 17.3 Å². The number of hydrogen-bond acceptors (Lipinski definition) is 3. The summed E-state index contributed by atoms with van der Waals surface area (Å²) in [5.74, 6) is -0.950. The summed E-state index contributed by atoms with van der Waals surface area (Å²) in [5, 5.41) is 8.40. The molecule has 0 aromatic carbocycles. The Morgan fingerprint density at radius 1 is 1.64 bits per heavy atom. The maximum Gasteiger partial charge on any atom is 0.355 e. The van der Waals surface area contributed by atoms with Gasteiger partial charge in [-0.1, -0.05) is 13.8 Å². The van der Waals surface area contributed by atoms with Crippen LogP contribution in [0.15, 0.2) is 5.51 Å². The Morgan fingerprint density at radius 3 is 2.36 bits per heavy atom. The molecule has 0 unspecified atom stereocenters. The summed E-state index contributed by atoms with van der Waals surface area (Å²) in [7, 11) is 0. The predicted octanol–water partition coefficient (Wildman–Crippen LogP) is 2.18. The Balaban J connectivity index is 0.000000461. The lowest BCUT2D eigenvalue weighted by atomic mass is 10.4. The van der Waals surface area contributed by atoms with Gasteiger partial charge in [-0.05, 0) is 6.92 Å². The van der Waals surface area contributed by atoms with E-state index >= 15 is 0 Å². The van der Waals surface area contributed by atoms with Crippen molar-refractivity contribution in [1.29, 1.82) is 0 Å². The molecule has 0 saturated heterocycles. The van der Waals surface area contributed by atoms with Gasteiger partial charge < -0.3 is 5.11 Å². The molecule has 0 aliphatic rings. The van der Waals surface area contributed by atoms with Crippen molar-refractivity contribution < 1.29 is 9.90 Å². The number of carboxylic acids is 1. The lowest BCUT2D eigenvalue weighted by Gasteiger charge is -1.84. The molecular weight excluding hydrogens is 162 g/mol. The van der Waals surface area contributed by atoms with Crippen molar-refractivity contribution in [3.8, 4) is 0 Å². The van der Waals surface area contributed by atoms with Crippen molar-refractivity contribution in [2.75, 3.05) is 0 Å². The molecule has 1 aromatic heterocycles. The average Bonchev–Trinajstić information content (AvgIpc) is 2.39. The van der Waals surface area contributed by atoms with Crippen molar-refractivity contribution in [2.24, 2.45) is 0 Å². The first-order valence-electron chi connectivity index (χ1n) is 3.35. The van der Waals surface area contributed by atoms with E-state index in [4.69, 9.17) is 5.11 Å². The Morgan fingerprint density at radius 2 is 2.18 bits per heavy atom. The van der Waals surface area contributed by atoms with Crippen LogP contribution in [0, 0.1) is 6.92 Å². The Bertz CT molecular complexity index is 232. The quantitative estimate of drug-likeness (QED) is 0.708. The Hall–Kier alpha value is -0.900. The first-order chi connectivity index (χ1) is 5.22. The summed E-state index contributed by atoms with van der Waals surface area (Å²) >= 11 is 1.34. The number of nitrogens with zero attached hydrogens (tertiary/aromatic N) is 1. The molecule has 0 atom stereocenters. The number of thiazole rings is 1. The molecule has 11 heavy (non-hydrogen) atoms. The third-order valence-electron chi connectivity index (χ3n) is 0.947. The van der Waals surface area contributed by atoms with Gasteiger partial charge in [0.15, 0.2) is 5.69 Å². The molecule has 62 valence electrons. The van der Waals surface area contributed by atoms with E-state index in [9.17, 15) is 4.79 Å². The molecule has 0 saturated carbocycles. The molecule has 3 nitrogen and oxygen atoms in total. The molecular formula is C7H11NO2S. The van der Waals surface area contributed by atoms with E-state index in [1.54, 1.807) is 6.92 Å². The zero-order chi connectivity index (χ0) is 8.85. The minimum Gasteiger partial charge on any atom is -0.476 e. The van der Waals surface area contributed by atoms with Gasteiger partial charge in [0, 0.05) is 4.88 Å². The molecule has 1 heterocycles. The van der Waals surface area contributed by atoms with Gasteiger partial charge in [0.1, 0.15) is 0 Å². The fourth-order valence-electron chi connectivity index (χ4n) is 0.511. The van der Waals surface area contributed by atoms with E-state index < -0.39 is 5.97 Å². The highest BCUT2D eigenvalue weighted by Gasteiger charge is 2.07. The van der Waals surface area contributed by atoms with Crippen molar-refractivity contribution in [1.82, 2.24) is 4.98 Å². The van der Waals surface area contributed by atoms with Gasteiger partial charge in [0.2, 0.25) is 0 Å². The number of hydrogen-bond donors (Lipinski definition) is 1. The number of carboxylic acid groups (broad SMARTS) is 1. The van der Waals surface area contributed by atoms with E-state index in [0.29, 0.717) is 0 Å². The molecule has 0 aliphatic carbocycles. The van der Waals surface area contributed by atoms with Crippen LogP contribution in [0.4, 0.5) is 0 Å². The molecule has 1 rings (SSSR count). The summed E-state index contributed by atoms with van der Waals surface area (Å²) < 4.78 is 0. The minimum atomic E-state index is -0.950. The maximum atomic E-state index is 10.2. The van der Waals surface area contributed by atoms with Crippen LogP contribution >= 0.6 is 11.3 Å². The number of rotatable bonds is 1. The standard InChI is InChI=1S/C5H5NO2S.C2H6/c1-3-4(5(7)8)6-2-9-3;1-2/h2H,1H3,(H,7,8);1-2H3. The highest BCUT2D eigenvalue weighted by atomic mass is 32.1. The third-order valence-corrected chi connectivity index (χ3v) is 1.71. The van der Waals surface area contributed by atoms with Crippen LogP contribution in [0.1, 0.15) is 29.2 Å². The summed E-state index contributed by atoms with van der Waals surface area (Å²) in [6.45, 7) is 5.74. The fraction of sp³-hybridized carbons (Fsp3) is 0.429. The molecule has 0 radical (unpaired) electrons. The van der Waals surface area contributed by atoms with Gasteiger partial charge in [-0.15, -0.1) is 11.3 Å². The van der Waals surface area contributed by atoms with E-state index in [1.165, 1.54) is 16.8 Å². The lowest BCUT2D eigenvalue weighted by Crippen LogP contribution is -1.97. The van der Waals surface area contributed by atoms with Gasteiger partial charge in [-0.25, -0.2) is 9.78 Å². The van der Waals surface area contributed by atoms with Gasteiger partial charge >= 0.3 is 5.97 Å². The third kappa shape index (κ3) is 2.67. The average molecular weight is 173 g/mol. The number of carbonyl (C=O) groups is 1. The van der Waals surface area contributed by atoms with E-state index in [0.717, 1.165) is 4.88 Å². The first-order valence-corrected chi connectivity index (χ1v) is 4.23. The van der Waals surface area contributed by atoms with Crippen LogP contribution in [-0.4, -0.2) is 16.1 Å². The summed E-state index contributed by atoms with van der Waals surface area (Å²) in [6, 6.07) is 0. The Labute approximate surface area is 69.7 Å². The highest BCUT2D eigenvalue weighted by Crippen LogP contribution is 2.09. The monoisotopic (exact) mass is 173 g/mol. The molecule has 1 aromatic rings.